The summed E-state index contributed by atoms with van der Waals surface area (Å²) in [6.45, 7) is 2.84. The minimum atomic E-state index is 0.0798. The molecule has 4 bridgehead atoms. The van der Waals surface area contributed by atoms with E-state index in [4.69, 9.17) is 4.74 Å². The van der Waals surface area contributed by atoms with E-state index in [0.717, 1.165) is 43.4 Å². The molecule has 0 aromatic heterocycles. The molecule has 29 heavy (non-hydrogen) atoms. The maximum Gasteiger partial charge on any atom is 0.315 e. The number of benzene rings is 1. The molecule has 0 radical (unpaired) electrons. The maximum atomic E-state index is 12.8. The molecule has 5 aliphatic carbocycles. The predicted octanol–water partition coefficient (Wildman–Crippen LogP) is 5.09. The third-order valence-electron chi connectivity index (χ3n) is 8.16. The molecule has 1 aromatic rings. The monoisotopic (exact) mass is 396 g/mol. The second kappa shape index (κ2) is 7.94. The highest BCUT2D eigenvalue weighted by atomic mass is 16.5. The standard InChI is InChI=1S/C25H36N2O2/c1-17-4-2-3-5-21(17)16-29-23-8-6-22(7-9-23)26-24(28)27-25-13-18-10-19(14-25)12-20(11-18)15-25/h2-5,18-20,22-23H,6-16H2,1H3,(H2,26,27,28). The van der Waals surface area contributed by atoms with Gasteiger partial charge in [0.1, 0.15) is 0 Å². The van der Waals surface area contributed by atoms with Crippen LogP contribution in [0.3, 0.4) is 0 Å². The smallest absolute Gasteiger partial charge is 0.315 e. The molecule has 5 saturated carbocycles. The van der Waals surface area contributed by atoms with Crippen LogP contribution in [0.15, 0.2) is 24.3 Å². The Balaban J connectivity index is 1.06. The van der Waals surface area contributed by atoms with E-state index >= 15 is 0 Å². The van der Waals surface area contributed by atoms with Crippen molar-refractivity contribution in [3.05, 3.63) is 35.4 Å². The molecular weight excluding hydrogens is 360 g/mol. The van der Waals surface area contributed by atoms with E-state index in [1.54, 1.807) is 0 Å². The molecule has 4 nitrogen and oxygen atoms in total. The molecule has 0 heterocycles. The average molecular weight is 397 g/mol. The minimum absolute atomic E-state index is 0.0798. The first-order valence-corrected chi connectivity index (χ1v) is 11.8. The Hall–Kier alpha value is -1.55. The normalized spacial score (nSPS) is 38.0. The highest BCUT2D eigenvalue weighted by Crippen LogP contribution is 2.55. The fourth-order valence-corrected chi connectivity index (χ4v) is 7.08. The number of hydrogen-bond acceptors (Lipinski definition) is 2. The van der Waals surface area contributed by atoms with E-state index in [0.29, 0.717) is 18.8 Å². The lowest BCUT2D eigenvalue weighted by Crippen LogP contribution is -2.62. The van der Waals surface area contributed by atoms with Crippen molar-refractivity contribution in [1.29, 1.82) is 0 Å². The van der Waals surface area contributed by atoms with Gasteiger partial charge in [0.2, 0.25) is 0 Å². The Morgan fingerprint density at radius 1 is 1.00 bits per heavy atom. The molecule has 0 atom stereocenters. The molecule has 0 aliphatic heterocycles. The van der Waals surface area contributed by atoms with Gasteiger partial charge in [-0.2, -0.15) is 0 Å². The molecule has 0 spiro atoms. The zero-order chi connectivity index (χ0) is 19.8. The van der Waals surface area contributed by atoms with Crippen molar-refractivity contribution in [2.75, 3.05) is 0 Å². The summed E-state index contributed by atoms with van der Waals surface area (Å²) in [5, 5.41) is 6.75. The SMILES string of the molecule is Cc1ccccc1COC1CCC(NC(=O)NC23CC4CC(CC(C4)C2)C3)CC1. The van der Waals surface area contributed by atoms with Gasteiger partial charge in [-0.3, -0.25) is 0 Å². The largest absolute Gasteiger partial charge is 0.374 e. The number of ether oxygens (including phenoxy) is 1. The quantitative estimate of drug-likeness (QED) is 0.728. The summed E-state index contributed by atoms with van der Waals surface area (Å²) in [6.07, 6.45) is 12.3. The van der Waals surface area contributed by atoms with Gasteiger partial charge < -0.3 is 15.4 Å². The molecule has 2 N–H and O–H groups in total. The molecule has 158 valence electrons. The first-order valence-electron chi connectivity index (χ1n) is 11.8. The summed E-state index contributed by atoms with van der Waals surface area (Å²) in [5.74, 6) is 2.59. The van der Waals surface area contributed by atoms with Crippen LogP contribution in [0.2, 0.25) is 0 Å². The number of nitrogens with one attached hydrogen (secondary N) is 2. The van der Waals surface area contributed by atoms with E-state index in [-0.39, 0.29) is 11.6 Å². The van der Waals surface area contributed by atoms with Crippen LogP contribution in [-0.2, 0) is 11.3 Å². The zero-order valence-corrected chi connectivity index (χ0v) is 17.8. The number of rotatable bonds is 5. The van der Waals surface area contributed by atoms with E-state index < -0.39 is 0 Å². The number of aryl methyl sites for hydroxylation is 1. The lowest BCUT2D eigenvalue weighted by molar-refractivity contribution is -0.0142. The van der Waals surface area contributed by atoms with Gasteiger partial charge in [-0.1, -0.05) is 24.3 Å². The lowest BCUT2D eigenvalue weighted by Gasteiger charge is -2.56. The van der Waals surface area contributed by atoms with Gasteiger partial charge in [-0.25, -0.2) is 4.79 Å². The molecule has 0 saturated heterocycles. The van der Waals surface area contributed by atoms with Crippen LogP contribution in [0.5, 0.6) is 0 Å². The molecule has 2 amide bonds. The maximum absolute atomic E-state index is 12.8. The molecule has 5 fully saturated rings. The third-order valence-corrected chi connectivity index (χ3v) is 8.16. The summed E-state index contributed by atoms with van der Waals surface area (Å²) >= 11 is 0. The van der Waals surface area contributed by atoms with Crippen LogP contribution < -0.4 is 10.6 Å². The van der Waals surface area contributed by atoms with Crippen molar-refractivity contribution in [3.8, 4) is 0 Å². The molecule has 1 aromatic carbocycles. The van der Waals surface area contributed by atoms with E-state index in [2.05, 4.69) is 41.8 Å². The van der Waals surface area contributed by atoms with Crippen molar-refractivity contribution in [2.45, 2.75) is 95.4 Å². The van der Waals surface area contributed by atoms with Crippen LogP contribution in [0.4, 0.5) is 4.79 Å². The van der Waals surface area contributed by atoms with Crippen LogP contribution in [0.1, 0.15) is 75.3 Å². The van der Waals surface area contributed by atoms with Crippen molar-refractivity contribution in [2.24, 2.45) is 17.8 Å². The Morgan fingerprint density at radius 3 is 2.24 bits per heavy atom. The van der Waals surface area contributed by atoms with Crippen molar-refractivity contribution in [3.63, 3.8) is 0 Å². The third kappa shape index (κ3) is 4.33. The van der Waals surface area contributed by atoms with Gasteiger partial charge in [0.25, 0.3) is 0 Å². The zero-order valence-electron chi connectivity index (χ0n) is 17.8. The van der Waals surface area contributed by atoms with Crippen LogP contribution in [0.25, 0.3) is 0 Å². The first-order chi connectivity index (χ1) is 14.1. The Labute approximate surface area is 175 Å². The van der Waals surface area contributed by atoms with Gasteiger partial charge in [0, 0.05) is 11.6 Å². The minimum Gasteiger partial charge on any atom is -0.374 e. The summed E-state index contributed by atoms with van der Waals surface area (Å²) in [7, 11) is 0. The fourth-order valence-electron chi connectivity index (χ4n) is 7.08. The Kier molecular flexibility index (Phi) is 5.32. The van der Waals surface area contributed by atoms with Crippen molar-refractivity contribution >= 4 is 6.03 Å². The van der Waals surface area contributed by atoms with E-state index in [1.165, 1.54) is 49.7 Å². The van der Waals surface area contributed by atoms with E-state index in [9.17, 15) is 4.79 Å². The van der Waals surface area contributed by atoms with Crippen molar-refractivity contribution < 1.29 is 9.53 Å². The Bertz CT molecular complexity index is 703. The van der Waals surface area contributed by atoms with Gasteiger partial charge in [-0.05, 0) is 100 Å². The number of carbonyl (C=O) groups is 1. The molecule has 4 heteroatoms. The second-order valence-corrected chi connectivity index (χ2v) is 10.5. The number of hydrogen-bond donors (Lipinski definition) is 2. The summed E-state index contributed by atoms with van der Waals surface area (Å²) < 4.78 is 6.17. The highest BCUT2D eigenvalue weighted by molar-refractivity contribution is 5.75. The predicted molar refractivity (Wildman–Crippen MR) is 115 cm³/mol. The molecular formula is C25H36N2O2. The number of amides is 2. The lowest BCUT2D eigenvalue weighted by atomic mass is 9.53. The van der Waals surface area contributed by atoms with Crippen LogP contribution >= 0.6 is 0 Å². The van der Waals surface area contributed by atoms with Crippen LogP contribution in [0, 0.1) is 24.7 Å². The topological polar surface area (TPSA) is 50.4 Å². The van der Waals surface area contributed by atoms with Gasteiger partial charge in [0.15, 0.2) is 0 Å². The van der Waals surface area contributed by atoms with Crippen LogP contribution in [-0.4, -0.2) is 23.7 Å². The number of urea groups is 1. The molecule has 0 unspecified atom stereocenters. The van der Waals surface area contributed by atoms with Gasteiger partial charge in [-0.15, -0.1) is 0 Å². The first kappa shape index (κ1) is 19.4. The fraction of sp³-hybridized carbons (Fsp3) is 0.720. The second-order valence-electron chi connectivity index (χ2n) is 10.5. The van der Waals surface area contributed by atoms with Gasteiger partial charge in [0.05, 0.1) is 12.7 Å². The number of carbonyl (C=O) groups excluding carboxylic acids is 1. The molecule has 5 aliphatic rings. The Morgan fingerprint density at radius 2 is 1.62 bits per heavy atom. The van der Waals surface area contributed by atoms with Gasteiger partial charge >= 0.3 is 6.03 Å². The highest BCUT2D eigenvalue weighted by Gasteiger charge is 2.51. The average Bonchev–Trinajstić information content (AvgIpc) is 2.67. The van der Waals surface area contributed by atoms with Crippen molar-refractivity contribution in [1.82, 2.24) is 10.6 Å². The summed E-state index contributed by atoms with van der Waals surface area (Å²) in [4.78, 5) is 12.8. The molecule has 6 rings (SSSR count). The summed E-state index contributed by atoms with van der Waals surface area (Å²) in [5.41, 5.74) is 2.68. The van der Waals surface area contributed by atoms with E-state index in [1.807, 2.05) is 0 Å². The summed E-state index contributed by atoms with van der Waals surface area (Å²) in [6, 6.07) is 8.82.